The molecule has 1 heterocycles. The average molecular weight is 368 g/mol. The first-order chi connectivity index (χ1) is 13.0. The molecule has 2 amide bonds. The van der Waals surface area contributed by atoms with Gasteiger partial charge in [0, 0.05) is 25.4 Å². The fourth-order valence-electron chi connectivity index (χ4n) is 2.68. The third-order valence-corrected chi connectivity index (χ3v) is 3.99. The summed E-state index contributed by atoms with van der Waals surface area (Å²) in [6.07, 6.45) is 1.70. The topological polar surface area (TPSA) is 94.5 Å². The predicted octanol–water partition coefficient (Wildman–Crippen LogP) is 2.42. The molecule has 2 aromatic carbocycles. The zero-order valence-electron chi connectivity index (χ0n) is 15.3. The van der Waals surface area contributed by atoms with Crippen LogP contribution in [0.1, 0.15) is 10.4 Å². The van der Waals surface area contributed by atoms with E-state index in [0.29, 0.717) is 22.7 Å². The maximum Gasteiger partial charge on any atom is 0.255 e. The molecule has 1 aromatic heterocycles. The minimum atomic E-state index is -0.320. The molecule has 27 heavy (non-hydrogen) atoms. The van der Waals surface area contributed by atoms with Gasteiger partial charge >= 0.3 is 0 Å². The average Bonchev–Trinajstić information content (AvgIpc) is 3.02. The molecule has 8 heteroatoms. The van der Waals surface area contributed by atoms with E-state index in [2.05, 4.69) is 15.6 Å². The van der Waals surface area contributed by atoms with Crippen LogP contribution in [0.2, 0.25) is 0 Å². The van der Waals surface area contributed by atoms with Crippen molar-refractivity contribution in [2.75, 3.05) is 31.5 Å². The second kappa shape index (κ2) is 7.88. The van der Waals surface area contributed by atoms with E-state index in [1.165, 1.54) is 14.2 Å². The van der Waals surface area contributed by atoms with Gasteiger partial charge in [0.05, 0.1) is 30.2 Å². The van der Waals surface area contributed by atoms with Gasteiger partial charge in [0.15, 0.2) is 0 Å². The number of rotatable bonds is 6. The van der Waals surface area contributed by atoms with E-state index in [1.807, 2.05) is 17.7 Å². The fraction of sp³-hybridized carbons (Fsp3) is 0.211. The van der Waals surface area contributed by atoms with Crippen LogP contribution in [0.3, 0.4) is 0 Å². The number of aromatic nitrogens is 2. The predicted molar refractivity (Wildman–Crippen MR) is 102 cm³/mol. The van der Waals surface area contributed by atoms with Crippen molar-refractivity contribution in [3.63, 3.8) is 0 Å². The molecule has 0 aliphatic carbocycles. The van der Waals surface area contributed by atoms with Crippen molar-refractivity contribution in [2.24, 2.45) is 7.05 Å². The number of anilines is 2. The number of fused-ring (bicyclic) bond motifs is 1. The Balaban J connectivity index is 1.80. The standard InChI is InChI=1S/C19H20N4O4/c1-23-11-20-14-8-12(4-6-16(14)23)19(25)21-13-5-7-17(27-3)15(9-13)22-18(24)10-26-2/h4-9,11H,10H2,1-3H3,(H,21,25)(H,22,24). The highest BCUT2D eigenvalue weighted by Gasteiger charge is 2.12. The van der Waals surface area contributed by atoms with Gasteiger partial charge in [0.25, 0.3) is 5.91 Å². The Morgan fingerprint density at radius 3 is 2.67 bits per heavy atom. The number of ether oxygens (including phenoxy) is 2. The van der Waals surface area contributed by atoms with Crippen LogP contribution in [0, 0.1) is 0 Å². The lowest BCUT2D eigenvalue weighted by atomic mass is 10.1. The van der Waals surface area contributed by atoms with Crippen molar-refractivity contribution < 1.29 is 19.1 Å². The number of benzene rings is 2. The van der Waals surface area contributed by atoms with Gasteiger partial charge in [-0.25, -0.2) is 4.98 Å². The van der Waals surface area contributed by atoms with Crippen molar-refractivity contribution in [1.82, 2.24) is 9.55 Å². The summed E-state index contributed by atoms with van der Waals surface area (Å²) in [4.78, 5) is 28.6. The number of hydrogen-bond acceptors (Lipinski definition) is 5. The van der Waals surface area contributed by atoms with Crippen LogP contribution in [0.25, 0.3) is 11.0 Å². The molecular formula is C19H20N4O4. The number of imidazole rings is 1. The smallest absolute Gasteiger partial charge is 0.255 e. The van der Waals surface area contributed by atoms with Crippen molar-refractivity contribution >= 4 is 34.2 Å². The van der Waals surface area contributed by atoms with Gasteiger partial charge in [0.1, 0.15) is 12.4 Å². The van der Waals surface area contributed by atoms with Crippen LogP contribution in [0.5, 0.6) is 5.75 Å². The molecule has 0 bridgehead atoms. The van der Waals surface area contributed by atoms with Crippen LogP contribution in [0.4, 0.5) is 11.4 Å². The fourth-order valence-corrected chi connectivity index (χ4v) is 2.68. The summed E-state index contributed by atoms with van der Waals surface area (Å²) in [6.45, 7) is -0.0795. The highest BCUT2D eigenvalue weighted by molar-refractivity contribution is 6.06. The summed E-state index contributed by atoms with van der Waals surface area (Å²) < 4.78 is 11.9. The number of nitrogens with one attached hydrogen (secondary N) is 2. The summed E-state index contributed by atoms with van der Waals surface area (Å²) in [7, 11) is 4.83. The Morgan fingerprint density at radius 1 is 1.11 bits per heavy atom. The Hall–Kier alpha value is -3.39. The van der Waals surface area contributed by atoms with Crippen molar-refractivity contribution in [1.29, 1.82) is 0 Å². The van der Waals surface area contributed by atoms with Crippen molar-refractivity contribution in [3.05, 3.63) is 48.3 Å². The quantitative estimate of drug-likeness (QED) is 0.697. The second-order valence-electron chi connectivity index (χ2n) is 5.91. The van der Waals surface area contributed by atoms with Crippen LogP contribution in [-0.2, 0) is 16.6 Å². The lowest BCUT2D eigenvalue weighted by Gasteiger charge is -2.13. The number of nitrogens with zero attached hydrogens (tertiary/aromatic N) is 2. The summed E-state index contributed by atoms with van der Waals surface area (Å²) in [5.41, 5.74) is 3.14. The highest BCUT2D eigenvalue weighted by Crippen LogP contribution is 2.28. The van der Waals surface area contributed by atoms with Gasteiger partial charge < -0.3 is 24.7 Å². The molecule has 0 fully saturated rings. The summed E-state index contributed by atoms with van der Waals surface area (Å²) in [5.74, 6) is -0.117. The highest BCUT2D eigenvalue weighted by atomic mass is 16.5. The lowest BCUT2D eigenvalue weighted by molar-refractivity contribution is -0.119. The van der Waals surface area contributed by atoms with Crippen LogP contribution in [0.15, 0.2) is 42.7 Å². The molecule has 0 saturated carbocycles. The number of hydrogen-bond donors (Lipinski definition) is 2. The number of amides is 2. The molecule has 0 atom stereocenters. The zero-order valence-corrected chi connectivity index (χ0v) is 15.3. The van der Waals surface area contributed by atoms with E-state index in [1.54, 1.807) is 36.7 Å². The lowest BCUT2D eigenvalue weighted by Crippen LogP contribution is -2.18. The summed E-state index contributed by atoms with van der Waals surface area (Å²) >= 11 is 0. The Kier molecular flexibility index (Phi) is 5.37. The van der Waals surface area contributed by atoms with Gasteiger partial charge in [-0.2, -0.15) is 0 Å². The number of methoxy groups -OCH3 is 2. The van der Waals surface area contributed by atoms with Crippen molar-refractivity contribution in [2.45, 2.75) is 0 Å². The molecule has 3 rings (SSSR count). The molecule has 0 aliphatic rings. The molecule has 8 nitrogen and oxygen atoms in total. The maximum absolute atomic E-state index is 12.6. The van der Waals surface area contributed by atoms with Crippen LogP contribution >= 0.6 is 0 Å². The molecule has 0 spiro atoms. The molecule has 0 unspecified atom stereocenters. The number of carbonyl (C=O) groups is 2. The number of aryl methyl sites for hydroxylation is 1. The zero-order chi connectivity index (χ0) is 19.4. The molecule has 140 valence electrons. The largest absolute Gasteiger partial charge is 0.495 e. The minimum absolute atomic E-state index is 0.0795. The van der Waals surface area contributed by atoms with Gasteiger partial charge in [-0.15, -0.1) is 0 Å². The van der Waals surface area contributed by atoms with E-state index in [-0.39, 0.29) is 18.4 Å². The SMILES string of the molecule is COCC(=O)Nc1cc(NC(=O)c2ccc3c(c2)ncn3C)ccc1OC. The second-order valence-corrected chi connectivity index (χ2v) is 5.91. The van der Waals surface area contributed by atoms with E-state index in [4.69, 9.17) is 9.47 Å². The molecule has 2 N–H and O–H groups in total. The van der Waals surface area contributed by atoms with Gasteiger partial charge in [-0.3, -0.25) is 9.59 Å². The molecular weight excluding hydrogens is 348 g/mol. The monoisotopic (exact) mass is 368 g/mol. The molecule has 0 saturated heterocycles. The van der Waals surface area contributed by atoms with Gasteiger partial charge in [-0.1, -0.05) is 0 Å². The Labute approximate surface area is 156 Å². The first-order valence-corrected chi connectivity index (χ1v) is 8.21. The summed E-state index contributed by atoms with van der Waals surface area (Å²) in [5, 5.41) is 5.50. The minimum Gasteiger partial charge on any atom is -0.495 e. The third-order valence-electron chi connectivity index (χ3n) is 3.99. The van der Waals surface area contributed by atoms with Gasteiger partial charge in [-0.05, 0) is 36.4 Å². The molecule has 0 aliphatic heterocycles. The normalized spacial score (nSPS) is 10.6. The number of carbonyl (C=O) groups excluding carboxylic acids is 2. The van der Waals surface area contributed by atoms with Crippen LogP contribution in [-0.4, -0.2) is 42.2 Å². The Bertz CT molecular complexity index is 997. The Morgan fingerprint density at radius 2 is 1.93 bits per heavy atom. The van der Waals surface area contributed by atoms with E-state index < -0.39 is 0 Å². The molecule has 3 aromatic rings. The summed E-state index contributed by atoms with van der Waals surface area (Å²) in [6, 6.07) is 10.3. The molecule has 0 radical (unpaired) electrons. The first-order valence-electron chi connectivity index (χ1n) is 8.21. The maximum atomic E-state index is 12.6. The van der Waals surface area contributed by atoms with Gasteiger partial charge in [0.2, 0.25) is 5.91 Å². The van der Waals surface area contributed by atoms with Crippen molar-refractivity contribution in [3.8, 4) is 5.75 Å². The third kappa shape index (κ3) is 4.06. The first kappa shape index (κ1) is 18.4. The van der Waals surface area contributed by atoms with E-state index in [9.17, 15) is 9.59 Å². The van der Waals surface area contributed by atoms with E-state index in [0.717, 1.165) is 11.0 Å². The van der Waals surface area contributed by atoms with E-state index >= 15 is 0 Å². The van der Waals surface area contributed by atoms with Crippen LogP contribution < -0.4 is 15.4 Å².